The maximum Gasteiger partial charge on any atom is 0.303 e. The maximum absolute atomic E-state index is 10.2. The first-order valence-electron chi connectivity index (χ1n) is 3.89. The van der Waals surface area contributed by atoms with Gasteiger partial charge in [0, 0.05) is 25.4 Å². The highest BCUT2D eigenvalue weighted by Gasteiger charge is 1.99. The maximum atomic E-state index is 10.2. The zero-order valence-corrected chi connectivity index (χ0v) is 8.25. The van der Waals surface area contributed by atoms with Crippen LogP contribution in [0.4, 0.5) is 0 Å². The van der Waals surface area contributed by atoms with Gasteiger partial charge >= 0.3 is 5.97 Å². The molecule has 0 aliphatic carbocycles. The van der Waals surface area contributed by atoms with Crippen molar-refractivity contribution in [2.75, 3.05) is 0 Å². The standard InChI is InChI=1S/C8H12N2O2.ClH/c1-7-9-4-6-10(7)5-2-3-8(11)12;/h4,6H,2-3,5H2,1H3,(H,11,12);1H. The van der Waals surface area contributed by atoms with E-state index in [1.54, 1.807) is 6.20 Å². The molecule has 1 aromatic rings. The number of aryl methyl sites for hydroxylation is 2. The van der Waals surface area contributed by atoms with Crippen molar-refractivity contribution in [3.05, 3.63) is 18.2 Å². The minimum Gasteiger partial charge on any atom is -0.481 e. The first kappa shape index (κ1) is 12.0. The van der Waals surface area contributed by atoms with Gasteiger partial charge in [0.25, 0.3) is 0 Å². The second-order valence-electron chi connectivity index (χ2n) is 2.67. The number of aliphatic carboxylic acids is 1. The normalized spacial score (nSPS) is 9.31. The Morgan fingerprint density at radius 1 is 1.69 bits per heavy atom. The van der Waals surface area contributed by atoms with Crippen molar-refractivity contribution >= 4 is 18.4 Å². The molecule has 0 saturated carbocycles. The molecule has 1 aromatic heterocycles. The highest BCUT2D eigenvalue weighted by atomic mass is 35.5. The van der Waals surface area contributed by atoms with Crippen LogP contribution >= 0.6 is 12.4 Å². The van der Waals surface area contributed by atoms with E-state index in [0.717, 1.165) is 12.4 Å². The van der Waals surface area contributed by atoms with Crippen LogP contribution in [0.25, 0.3) is 0 Å². The summed E-state index contributed by atoms with van der Waals surface area (Å²) in [6.45, 7) is 2.64. The van der Waals surface area contributed by atoms with Crippen LogP contribution in [0, 0.1) is 6.92 Å². The molecule has 0 amide bonds. The van der Waals surface area contributed by atoms with Crippen LogP contribution in [0.3, 0.4) is 0 Å². The van der Waals surface area contributed by atoms with Gasteiger partial charge in [-0.3, -0.25) is 4.79 Å². The van der Waals surface area contributed by atoms with Crippen molar-refractivity contribution in [2.45, 2.75) is 26.3 Å². The molecule has 0 fully saturated rings. The van der Waals surface area contributed by atoms with Gasteiger partial charge in [-0.2, -0.15) is 0 Å². The van der Waals surface area contributed by atoms with E-state index in [1.807, 2.05) is 17.7 Å². The molecule has 0 unspecified atom stereocenters. The molecular formula is C8H13ClN2O2. The molecule has 1 heterocycles. The Labute approximate surface area is 83.0 Å². The molecule has 0 saturated heterocycles. The lowest BCUT2D eigenvalue weighted by molar-refractivity contribution is -0.137. The van der Waals surface area contributed by atoms with Gasteiger partial charge < -0.3 is 9.67 Å². The SMILES string of the molecule is Cc1nccn1CCCC(=O)O.Cl. The van der Waals surface area contributed by atoms with E-state index < -0.39 is 5.97 Å². The lowest BCUT2D eigenvalue weighted by Gasteiger charge is -2.01. The van der Waals surface area contributed by atoms with Crippen LogP contribution in [0.2, 0.25) is 0 Å². The molecular weight excluding hydrogens is 192 g/mol. The lowest BCUT2D eigenvalue weighted by atomic mass is 10.3. The van der Waals surface area contributed by atoms with E-state index in [2.05, 4.69) is 4.98 Å². The van der Waals surface area contributed by atoms with E-state index in [0.29, 0.717) is 6.42 Å². The highest BCUT2D eigenvalue weighted by Crippen LogP contribution is 1.99. The summed E-state index contributed by atoms with van der Waals surface area (Å²) in [6, 6.07) is 0. The number of halogens is 1. The van der Waals surface area contributed by atoms with Crippen LogP contribution in [0.5, 0.6) is 0 Å². The highest BCUT2D eigenvalue weighted by molar-refractivity contribution is 5.85. The Kier molecular flexibility index (Phi) is 5.14. The third-order valence-electron chi connectivity index (χ3n) is 1.71. The van der Waals surface area contributed by atoms with Crippen molar-refractivity contribution in [1.29, 1.82) is 0 Å². The smallest absolute Gasteiger partial charge is 0.303 e. The fourth-order valence-electron chi connectivity index (χ4n) is 1.04. The zero-order valence-electron chi connectivity index (χ0n) is 7.43. The Morgan fingerprint density at radius 3 is 2.85 bits per heavy atom. The fourth-order valence-corrected chi connectivity index (χ4v) is 1.04. The van der Waals surface area contributed by atoms with Crippen LogP contribution in [-0.2, 0) is 11.3 Å². The molecule has 0 bridgehead atoms. The lowest BCUT2D eigenvalue weighted by Crippen LogP contribution is -2.02. The van der Waals surface area contributed by atoms with Gasteiger partial charge in [-0.1, -0.05) is 0 Å². The second-order valence-corrected chi connectivity index (χ2v) is 2.67. The summed E-state index contributed by atoms with van der Waals surface area (Å²) in [5.41, 5.74) is 0. The summed E-state index contributed by atoms with van der Waals surface area (Å²) in [7, 11) is 0. The van der Waals surface area contributed by atoms with Gasteiger partial charge in [0.15, 0.2) is 0 Å². The minimum atomic E-state index is -0.743. The van der Waals surface area contributed by atoms with Gasteiger partial charge in [0.2, 0.25) is 0 Å². The molecule has 0 spiro atoms. The summed E-state index contributed by atoms with van der Waals surface area (Å²) < 4.78 is 1.95. The summed E-state index contributed by atoms with van der Waals surface area (Å²) in [4.78, 5) is 14.2. The van der Waals surface area contributed by atoms with Gasteiger partial charge in [0.05, 0.1) is 0 Å². The molecule has 1 N–H and O–H groups in total. The number of nitrogens with zero attached hydrogens (tertiary/aromatic N) is 2. The van der Waals surface area contributed by atoms with Crippen LogP contribution in [0.15, 0.2) is 12.4 Å². The first-order valence-corrected chi connectivity index (χ1v) is 3.89. The summed E-state index contributed by atoms with van der Waals surface area (Å²) in [5, 5.41) is 8.39. The van der Waals surface area contributed by atoms with Crippen LogP contribution < -0.4 is 0 Å². The van der Waals surface area contributed by atoms with Crippen molar-refractivity contribution in [2.24, 2.45) is 0 Å². The van der Waals surface area contributed by atoms with Gasteiger partial charge in [0.1, 0.15) is 5.82 Å². The van der Waals surface area contributed by atoms with E-state index in [1.165, 1.54) is 0 Å². The van der Waals surface area contributed by atoms with E-state index in [4.69, 9.17) is 5.11 Å². The molecule has 0 aliphatic rings. The molecule has 5 heteroatoms. The van der Waals surface area contributed by atoms with Gasteiger partial charge in [-0.05, 0) is 13.3 Å². The predicted molar refractivity (Wildman–Crippen MR) is 51.1 cm³/mol. The molecule has 0 atom stereocenters. The number of imidazole rings is 1. The van der Waals surface area contributed by atoms with Gasteiger partial charge in [-0.25, -0.2) is 4.98 Å². The number of hydrogen-bond acceptors (Lipinski definition) is 2. The summed E-state index contributed by atoms with van der Waals surface area (Å²) >= 11 is 0. The number of aromatic nitrogens is 2. The minimum absolute atomic E-state index is 0. The molecule has 0 aromatic carbocycles. The Hall–Kier alpha value is -1.03. The summed E-state index contributed by atoms with van der Waals surface area (Å²) in [5.74, 6) is 0.188. The van der Waals surface area contributed by atoms with Crippen molar-refractivity contribution in [3.63, 3.8) is 0 Å². The Bertz CT molecular complexity index is 273. The molecule has 4 nitrogen and oxygen atoms in total. The van der Waals surface area contributed by atoms with Crippen molar-refractivity contribution in [3.8, 4) is 0 Å². The van der Waals surface area contributed by atoms with Crippen molar-refractivity contribution < 1.29 is 9.90 Å². The van der Waals surface area contributed by atoms with Crippen LogP contribution in [-0.4, -0.2) is 20.6 Å². The third kappa shape index (κ3) is 3.94. The zero-order chi connectivity index (χ0) is 8.97. The number of carboxylic acids is 1. The Morgan fingerprint density at radius 2 is 2.38 bits per heavy atom. The fraction of sp³-hybridized carbons (Fsp3) is 0.500. The molecule has 1 rings (SSSR count). The monoisotopic (exact) mass is 204 g/mol. The van der Waals surface area contributed by atoms with E-state index in [-0.39, 0.29) is 18.8 Å². The number of hydrogen-bond donors (Lipinski definition) is 1. The predicted octanol–water partition coefficient (Wildman–Crippen LogP) is 1.48. The molecule has 74 valence electrons. The average Bonchev–Trinajstić information content (AvgIpc) is 2.36. The average molecular weight is 205 g/mol. The number of carbonyl (C=O) groups is 1. The quantitative estimate of drug-likeness (QED) is 0.808. The van der Waals surface area contributed by atoms with E-state index in [9.17, 15) is 4.79 Å². The van der Waals surface area contributed by atoms with Crippen molar-refractivity contribution in [1.82, 2.24) is 9.55 Å². The summed E-state index contributed by atoms with van der Waals surface area (Å²) in [6.07, 6.45) is 4.46. The van der Waals surface area contributed by atoms with Crippen LogP contribution in [0.1, 0.15) is 18.7 Å². The molecule has 0 radical (unpaired) electrons. The first-order chi connectivity index (χ1) is 5.70. The second kappa shape index (κ2) is 5.59. The van der Waals surface area contributed by atoms with Gasteiger partial charge in [-0.15, -0.1) is 12.4 Å². The van der Waals surface area contributed by atoms with E-state index >= 15 is 0 Å². The topological polar surface area (TPSA) is 55.1 Å². The Balaban J connectivity index is 0.00000144. The number of rotatable bonds is 4. The largest absolute Gasteiger partial charge is 0.481 e. The third-order valence-corrected chi connectivity index (χ3v) is 1.71. The molecule has 13 heavy (non-hydrogen) atoms. The number of carboxylic acid groups (broad SMARTS) is 1. The molecule has 0 aliphatic heterocycles.